The van der Waals surface area contributed by atoms with Gasteiger partial charge in [-0.2, -0.15) is 0 Å². The zero-order valence-corrected chi connectivity index (χ0v) is 16.1. The van der Waals surface area contributed by atoms with Crippen LogP contribution in [-0.4, -0.2) is 15.1 Å². The van der Waals surface area contributed by atoms with Crippen LogP contribution in [0.2, 0.25) is 0 Å². The second-order valence-electron chi connectivity index (χ2n) is 7.35. The number of aryl methyl sites for hydroxylation is 1. The lowest BCUT2D eigenvalue weighted by Gasteiger charge is -2.07. The number of nitrogens with zero attached hydrogens (tertiary/aromatic N) is 1. The zero-order chi connectivity index (χ0) is 20.0. The summed E-state index contributed by atoms with van der Waals surface area (Å²) in [6.07, 6.45) is 0. The third kappa shape index (κ3) is 2.94. The minimum Gasteiger partial charge on any atom is -0.494 e. The molecule has 5 rings (SSSR count). The van der Waals surface area contributed by atoms with Crippen molar-refractivity contribution < 1.29 is 5.11 Å². The first-order valence-electron chi connectivity index (χ1n) is 9.65. The topological polar surface area (TPSA) is 74.9 Å². The Kier molecular flexibility index (Phi) is 4.07. The Morgan fingerprint density at radius 1 is 0.897 bits per heavy atom. The van der Waals surface area contributed by atoms with E-state index in [9.17, 15) is 5.11 Å². The number of H-pyrrole nitrogens is 1. The predicted molar refractivity (Wildman–Crippen MR) is 119 cm³/mol. The number of aromatic hydroxyl groups is 1. The molecule has 4 heteroatoms. The number of pyridine rings is 1. The number of benzene rings is 3. The molecule has 3 aromatic carbocycles. The molecule has 0 bridgehead atoms. The Bertz CT molecular complexity index is 1350. The van der Waals surface area contributed by atoms with Crippen molar-refractivity contribution in [3.63, 3.8) is 0 Å². The first kappa shape index (κ1) is 17.5. The van der Waals surface area contributed by atoms with Crippen molar-refractivity contribution in [2.75, 3.05) is 0 Å². The van der Waals surface area contributed by atoms with E-state index in [-0.39, 0.29) is 5.88 Å². The van der Waals surface area contributed by atoms with Crippen LogP contribution in [0.3, 0.4) is 0 Å². The first-order valence-corrected chi connectivity index (χ1v) is 9.65. The van der Waals surface area contributed by atoms with E-state index >= 15 is 0 Å². The third-order valence-corrected chi connectivity index (χ3v) is 5.51. The lowest BCUT2D eigenvalue weighted by atomic mass is 10.00. The molecule has 4 nitrogen and oxygen atoms in total. The number of hydrogen-bond donors (Lipinski definition) is 3. The molecule has 0 aliphatic rings. The van der Waals surface area contributed by atoms with Crippen molar-refractivity contribution in [1.29, 1.82) is 0 Å². The normalized spacial score (nSPS) is 11.4. The summed E-state index contributed by atoms with van der Waals surface area (Å²) in [5, 5.41) is 12.7. The van der Waals surface area contributed by atoms with E-state index in [0.29, 0.717) is 6.54 Å². The van der Waals surface area contributed by atoms with Crippen LogP contribution < -0.4 is 5.73 Å². The molecule has 5 aromatic rings. The van der Waals surface area contributed by atoms with Gasteiger partial charge in [0.05, 0.1) is 16.8 Å². The highest BCUT2D eigenvalue weighted by Crippen LogP contribution is 2.38. The third-order valence-electron chi connectivity index (χ3n) is 5.51. The number of rotatable bonds is 3. The molecule has 0 fully saturated rings. The molecular formula is C25H21N3O. The fourth-order valence-corrected chi connectivity index (χ4v) is 3.90. The number of nitrogens with two attached hydrogens (primary N) is 1. The van der Waals surface area contributed by atoms with Gasteiger partial charge in [0, 0.05) is 22.8 Å². The van der Waals surface area contributed by atoms with Gasteiger partial charge >= 0.3 is 0 Å². The fraction of sp³-hybridized carbons (Fsp3) is 0.0800. The average molecular weight is 379 g/mol. The van der Waals surface area contributed by atoms with Gasteiger partial charge in [0.25, 0.3) is 0 Å². The molecule has 0 spiro atoms. The SMILES string of the molecule is Cc1cccc2nc(-c3c(O)[nH]c4ccc(-c5ccc(CN)cc5)cc34)ccc12. The summed E-state index contributed by atoms with van der Waals surface area (Å²) >= 11 is 0. The van der Waals surface area contributed by atoms with Crippen molar-refractivity contribution in [1.82, 2.24) is 9.97 Å². The van der Waals surface area contributed by atoms with Gasteiger partial charge in [0.2, 0.25) is 0 Å². The van der Waals surface area contributed by atoms with Gasteiger partial charge < -0.3 is 15.8 Å². The van der Waals surface area contributed by atoms with Crippen LogP contribution >= 0.6 is 0 Å². The number of hydrogen-bond acceptors (Lipinski definition) is 3. The summed E-state index contributed by atoms with van der Waals surface area (Å²) in [6, 6.07) is 24.5. The fourth-order valence-electron chi connectivity index (χ4n) is 3.90. The summed E-state index contributed by atoms with van der Waals surface area (Å²) in [4.78, 5) is 7.90. The van der Waals surface area contributed by atoms with Crippen LogP contribution in [0.25, 0.3) is 44.2 Å². The van der Waals surface area contributed by atoms with Crippen LogP contribution in [-0.2, 0) is 6.54 Å². The highest BCUT2D eigenvalue weighted by molar-refractivity contribution is 6.01. The summed E-state index contributed by atoms with van der Waals surface area (Å²) in [6.45, 7) is 2.61. The summed E-state index contributed by atoms with van der Waals surface area (Å²) < 4.78 is 0. The smallest absolute Gasteiger partial charge is 0.199 e. The molecule has 0 radical (unpaired) electrons. The van der Waals surface area contributed by atoms with Crippen LogP contribution in [0.5, 0.6) is 5.88 Å². The number of fused-ring (bicyclic) bond motifs is 2. The monoisotopic (exact) mass is 379 g/mol. The molecule has 0 unspecified atom stereocenters. The Balaban J connectivity index is 1.68. The van der Waals surface area contributed by atoms with Gasteiger partial charge in [-0.25, -0.2) is 4.98 Å². The van der Waals surface area contributed by atoms with Crippen molar-refractivity contribution in [3.8, 4) is 28.3 Å². The standard InChI is InChI=1S/C25H21N3O/c1-15-3-2-4-21-19(15)10-12-23(27-21)24-20-13-18(9-11-22(20)28-25(24)29)17-7-5-16(14-26)6-8-17/h2-13,28-29H,14,26H2,1H3. The van der Waals surface area contributed by atoms with Crippen LogP contribution in [0.4, 0.5) is 0 Å². The summed E-state index contributed by atoms with van der Waals surface area (Å²) in [5.74, 6) is 0.134. The van der Waals surface area contributed by atoms with E-state index in [2.05, 4.69) is 48.3 Å². The summed E-state index contributed by atoms with van der Waals surface area (Å²) in [5.41, 5.74) is 13.5. The molecule has 29 heavy (non-hydrogen) atoms. The lowest BCUT2D eigenvalue weighted by Crippen LogP contribution is -1.95. The van der Waals surface area contributed by atoms with Gasteiger partial charge in [-0.05, 0) is 53.4 Å². The van der Waals surface area contributed by atoms with Crippen LogP contribution in [0.1, 0.15) is 11.1 Å². The minimum absolute atomic E-state index is 0.134. The maximum Gasteiger partial charge on any atom is 0.199 e. The Morgan fingerprint density at radius 3 is 2.48 bits per heavy atom. The Hall–Kier alpha value is -3.63. The van der Waals surface area contributed by atoms with E-state index in [1.165, 1.54) is 5.56 Å². The second-order valence-corrected chi connectivity index (χ2v) is 7.35. The van der Waals surface area contributed by atoms with Crippen molar-refractivity contribution in [2.24, 2.45) is 5.73 Å². The van der Waals surface area contributed by atoms with E-state index in [4.69, 9.17) is 10.7 Å². The van der Waals surface area contributed by atoms with E-state index < -0.39 is 0 Å². The quantitative estimate of drug-likeness (QED) is 0.386. The highest BCUT2D eigenvalue weighted by Gasteiger charge is 2.16. The molecule has 0 aliphatic carbocycles. The van der Waals surface area contributed by atoms with Gasteiger partial charge in [0.1, 0.15) is 0 Å². The van der Waals surface area contributed by atoms with Gasteiger partial charge in [0.15, 0.2) is 5.88 Å². The average Bonchev–Trinajstić information content (AvgIpc) is 3.08. The molecule has 2 aromatic heterocycles. The maximum absolute atomic E-state index is 10.6. The van der Waals surface area contributed by atoms with Gasteiger partial charge in [-0.3, -0.25) is 0 Å². The lowest BCUT2D eigenvalue weighted by molar-refractivity contribution is 0.460. The van der Waals surface area contributed by atoms with Crippen molar-refractivity contribution in [2.45, 2.75) is 13.5 Å². The largest absolute Gasteiger partial charge is 0.494 e. The minimum atomic E-state index is 0.134. The van der Waals surface area contributed by atoms with Crippen LogP contribution in [0.15, 0.2) is 72.8 Å². The molecule has 2 heterocycles. The molecular weight excluding hydrogens is 358 g/mol. The molecule has 0 saturated carbocycles. The predicted octanol–water partition coefficient (Wildman–Crippen LogP) is 5.52. The number of aromatic nitrogens is 2. The first-order chi connectivity index (χ1) is 14.1. The van der Waals surface area contributed by atoms with Crippen molar-refractivity contribution >= 4 is 21.8 Å². The number of aromatic amines is 1. The number of nitrogens with one attached hydrogen (secondary N) is 1. The van der Waals surface area contributed by atoms with E-state index in [0.717, 1.165) is 49.8 Å². The molecule has 4 N–H and O–H groups in total. The molecule has 0 atom stereocenters. The van der Waals surface area contributed by atoms with Crippen LogP contribution in [0, 0.1) is 6.92 Å². The summed E-state index contributed by atoms with van der Waals surface area (Å²) in [7, 11) is 0. The molecule has 142 valence electrons. The molecule has 0 saturated heterocycles. The second kappa shape index (κ2) is 6.76. The Labute approximate surface area is 168 Å². The molecule has 0 aliphatic heterocycles. The van der Waals surface area contributed by atoms with E-state index in [1.807, 2.05) is 36.4 Å². The van der Waals surface area contributed by atoms with Gasteiger partial charge in [-0.1, -0.05) is 48.5 Å². The van der Waals surface area contributed by atoms with E-state index in [1.54, 1.807) is 0 Å². The van der Waals surface area contributed by atoms with Gasteiger partial charge in [-0.15, -0.1) is 0 Å². The Morgan fingerprint density at radius 2 is 1.69 bits per heavy atom. The molecule has 0 amide bonds. The highest BCUT2D eigenvalue weighted by atomic mass is 16.3. The zero-order valence-electron chi connectivity index (χ0n) is 16.1. The van der Waals surface area contributed by atoms with Crippen molar-refractivity contribution in [3.05, 3.63) is 83.9 Å². The maximum atomic E-state index is 10.6.